The fourth-order valence-electron chi connectivity index (χ4n) is 1.40. The third-order valence-corrected chi connectivity index (χ3v) is 2.02. The van der Waals surface area contributed by atoms with Gasteiger partial charge in [-0.15, -0.1) is 5.10 Å². The molecule has 0 amide bonds. The Morgan fingerprint density at radius 1 is 1.69 bits per heavy atom. The number of hydrogen-bond acceptors (Lipinski definition) is 5. The molecule has 0 aromatic carbocycles. The maximum absolute atomic E-state index is 5.76. The molecule has 1 atom stereocenters. The average molecular weight is 180 g/mol. The number of aryl methyl sites for hydroxylation is 1. The molecule has 0 bridgehead atoms. The van der Waals surface area contributed by atoms with Crippen molar-refractivity contribution >= 4 is 5.57 Å². The highest BCUT2D eigenvalue weighted by atomic mass is 15.5. The second-order valence-electron chi connectivity index (χ2n) is 3.11. The lowest BCUT2D eigenvalue weighted by molar-refractivity contribution is 0.651. The van der Waals surface area contributed by atoms with E-state index in [1.165, 1.54) is 0 Å². The SMILES string of the molecule is Cn1nnnc1C1=CC(N)CNC1. The van der Waals surface area contributed by atoms with Crippen LogP contribution in [-0.4, -0.2) is 39.3 Å². The lowest BCUT2D eigenvalue weighted by atomic mass is 10.1. The predicted octanol–water partition coefficient (Wildman–Crippen LogP) is -1.48. The van der Waals surface area contributed by atoms with Gasteiger partial charge in [0.2, 0.25) is 0 Å². The molecule has 1 aliphatic heterocycles. The first-order valence-corrected chi connectivity index (χ1v) is 4.17. The highest BCUT2D eigenvalue weighted by Crippen LogP contribution is 2.11. The summed E-state index contributed by atoms with van der Waals surface area (Å²) in [6.45, 7) is 1.59. The molecule has 1 unspecified atom stereocenters. The molecule has 0 saturated carbocycles. The summed E-state index contributed by atoms with van der Waals surface area (Å²) in [6, 6.07) is 0.0560. The summed E-state index contributed by atoms with van der Waals surface area (Å²) in [5.41, 5.74) is 6.83. The van der Waals surface area contributed by atoms with Gasteiger partial charge in [-0.25, -0.2) is 4.68 Å². The van der Waals surface area contributed by atoms with Gasteiger partial charge in [-0.2, -0.15) is 0 Å². The summed E-state index contributed by atoms with van der Waals surface area (Å²) in [6.07, 6.45) is 2.00. The first-order valence-electron chi connectivity index (χ1n) is 4.17. The Hall–Kier alpha value is -1.27. The van der Waals surface area contributed by atoms with Crippen LogP contribution in [0.1, 0.15) is 5.82 Å². The molecule has 70 valence electrons. The van der Waals surface area contributed by atoms with Gasteiger partial charge >= 0.3 is 0 Å². The van der Waals surface area contributed by atoms with Crippen molar-refractivity contribution in [2.75, 3.05) is 13.1 Å². The maximum Gasteiger partial charge on any atom is 0.178 e. The molecule has 0 saturated heterocycles. The number of nitrogens with zero attached hydrogens (tertiary/aromatic N) is 4. The number of tetrazole rings is 1. The second kappa shape index (κ2) is 3.23. The third-order valence-electron chi connectivity index (χ3n) is 2.02. The van der Waals surface area contributed by atoms with Crippen LogP contribution < -0.4 is 11.1 Å². The molecule has 1 aliphatic rings. The van der Waals surface area contributed by atoms with Crippen LogP contribution in [0, 0.1) is 0 Å². The van der Waals surface area contributed by atoms with E-state index in [1.807, 2.05) is 13.1 Å². The molecule has 1 aromatic rings. The predicted molar refractivity (Wildman–Crippen MR) is 47.6 cm³/mol. The molecular weight excluding hydrogens is 168 g/mol. The zero-order chi connectivity index (χ0) is 9.26. The van der Waals surface area contributed by atoms with Gasteiger partial charge in [0.15, 0.2) is 5.82 Å². The maximum atomic E-state index is 5.76. The summed E-state index contributed by atoms with van der Waals surface area (Å²) in [7, 11) is 1.82. The third kappa shape index (κ3) is 1.58. The summed E-state index contributed by atoms with van der Waals surface area (Å²) in [5, 5.41) is 14.4. The highest BCUT2D eigenvalue weighted by molar-refractivity contribution is 5.62. The normalized spacial score (nSPS) is 22.9. The van der Waals surface area contributed by atoms with Gasteiger partial charge in [-0.1, -0.05) is 6.08 Å². The van der Waals surface area contributed by atoms with Crippen molar-refractivity contribution in [2.24, 2.45) is 12.8 Å². The molecule has 0 spiro atoms. The lowest BCUT2D eigenvalue weighted by Crippen LogP contribution is -2.37. The fourth-order valence-corrected chi connectivity index (χ4v) is 1.40. The van der Waals surface area contributed by atoms with E-state index in [0.717, 1.165) is 24.5 Å². The number of aromatic nitrogens is 4. The van der Waals surface area contributed by atoms with Crippen LogP contribution in [0.2, 0.25) is 0 Å². The second-order valence-corrected chi connectivity index (χ2v) is 3.11. The summed E-state index contributed by atoms with van der Waals surface area (Å²) in [4.78, 5) is 0. The van der Waals surface area contributed by atoms with Crippen molar-refractivity contribution in [1.29, 1.82) is 0 Å². The average Bonchev–Trinajstić information content (AvgIpc) is 2.51. The van der Waals surface area contributed by atoms with Crippen molar-refractivity contribution in [3.63, 3.8) is 0 Å². The van der Waals surface area contributed by atoms with Crippen LogP contribution in [-0.2, 0) is 7.05 Å². The molecule has 3 N–H and O–H groups in total. The van der Waals surface area contributed by atoms with Crippen molar-refractivity contribution in [1.82, 2.24) is 25.5 Å². The van der Waals surface area contributed by atoms with E-state index in [1.54, 1.807) is 4.68 Å². The van der Waals surface area contributed by atoms with E-state index in [4.69, 9.17) is 5.73 Å². The Balaban J connectivity index is 2.30. The number of hydrogen-bond donors (Lipinski definition) is 2. The zero-order valence-corrected chi connectivity index (χ0v) is 7.44. The molecule has 1 aromatic heterocycles. The van der Waals surface area contributed by atoms with Crippen LogP contribution in [0.5, 0.6) is 0 Å². The van der Waals surface area contributed by atoms with Gasteiger partial charge in [-0.05, 0) is 10.4 Å². The van der Waals surface area contributed by atoms with Crippen molar-refractivity contribution in [2.45, 2.75) is 6.04 Å². The summed E-state index contributed by atoms with van der Waals surface area (Å²) in [5.74, 6) is 0.780. The van der Waals surface area contributed by atoms with E-state index in [-0.39, 0.29) is 6.04 Å². The van der Waals surface area contributed by atoms with E-state index in [2.05, 4.69) is 20.8 Å². The van der Waals surface area contributed by atoms with Gasteiger partial charge < -0.3 is 11.1 Å². The number of rotatable bonds is 1. The molecule has 13 heavy (non-hydrogen) atoms. The van der Waals surface area contributed by atoms with Crippen molar-refractivity contribution in [3.05, 3.63) is 11.9 Å². The number of nitrogens with two attached hydrogens (primary N) is 1. The van der Waals surface area contributed by atoms with Gasteiger partial charge in [0.25, 0.3) is 0 Å². The topological polar surface area (TPSA) is 81.7 Å². The standard InChI is InChI=1S/C7H12N6/c1-13-7(10-11-12-13)5-2-6(8)4-9-3-5/h2,6,9H,3-4,8H2,1H3. The first kappa shape index (κ1) is 8.33. The Morgan fingerprint density at radius 2 is 2.54 bits per heavy atom. The molecule has 6 heteroatoms. The van der Waals surface area contributed by atoms with E-state index in [0.29, 0.717) is 0 Å². The van der Waals surface area contributed by atoms with E-state index in [9.17, 15) is 0 Å². The Labute approximate surface area is 75.8 Å². The molecule has 0 radical (unpaired) electrons. The Morgan fingerprint density at radius 3 is 3.15 bits per heavy atom. The van der Waals surface area contributed by atoms with Gasteiger partial charge in [0.05, 0.1) is 0 Å². The van der Waals surface area contributed by atoms with Crippen molar-refractivity contribution < 1.29 is 0 Å². The van der Waals surface area contributed by atoms with E-state index < -0.39 is 0 Å². The fraction of sp³-hybridized carbons (Fsp3) is 0.571. The molecule has 2 rings (SSSR count). The zero-order valence-electron chi connectivity index (χ0n) is 7.44. The lowest BCUT2D eigenvalue weighted by Gasteiger charge is -2.17. The summed E-state index contributed by atoms with van der Waals surface area (Å²) >= 11 is 0. The first-order chi connectivity index (χ1) is 6.27. The molecule has 6 nitrogen and oxygen atoms in total. The van der Waals surface area contributed by atoms with Crippen LogP contribution in [0.4, 0.5) is 0 Å². The molecule has 0 fully saturated rings. The van der Waals surface area contributed by atoms with Gasteiger partial charge in [0, 0.05) is 31.8 Å². The van der Waals surface area contributed by atoms with Gasteiger partial charge in [0.1, 0.15) is 0 Å². The monoisotopic (exact) mass is 180 g/mol. The molecule has 0 aliphatic carbocycles. The summed E-state index contributed by atoms with van der Waals surface area (Å²) < 4.78 is 1.64. The Kier molecular flexibility index (Phi) is 2.07. The van der Waals surface area contributed by atoms with E-state index >= 15 is 0 Å². The van der Waals surface area contributed by atoms with Crippen molar-refractivity contribution in [3.8, 4) is 0 Å². The quantitative estimate of drug-likeness (QED) is 0.551. The molecule has 2 heterocycles. The van der Waals surface area contributed by atoms with Crippen LogP contribution in [0.15, 0.2) is 6.08 Å². The minimum atomic E-state index is 0.0560. The minimum Gasteiger partial charge on any atom is -0.323 e. The Bertz CT molecular complexity index is 327. The van der Waals surface area contributed by atoms with Gasteiger partial charge in [-0.3, -0.25) is 0 Å². The van der Waals surface area contributed by atoms with Crippen LogP contribution in [0.25, 0.3) is 5.57 Å². The smallest absolute Gasteiger partial charge is 0.178 e. The highest BCUT2D eigenvalue weighted by Gasteiger charge is 2.14. The number of nitrogens with one attached hydrogen (secondary N) is 1. The largest absolute Gasteiger partial charge is 0.323 e. The minimum absolute atomic E-state index is 0.0560. The van der Waals surface area contributed by atoms with Crippen LogP contribution in [0.3, 0.4) is 0 Å². The molecular formula is C7H12N6. The van der Waals surface area contributed by atoms with Crippen LogP contribution >= 0.6 is 0 Å².